The third-order valence-corrected chi connectivity index (χ3v) is 9.32. The molecule has 0 spiro atoms. The fraction of sp³-hybridized carbons (Fsp3) is 0.667. The van der Waals surface area contributed by atoms with E-state index in [2.05, 4.69) is 69.0 Å². The number of carbonyl (C=O) groups is 1. The quantitative estimate of drug-likeness (QED) is 0.479. The number of nitrogens with one attached hydrogen (secondary N) is 2. The number of hydrazine groups is 1. The highest BCUT2D eigenvalue weighted by Gasteiger charge is 2.39. The highest BCUT2D eigenvalue weighted by molar-refractivity contribution is 6.74. The smallest absolute Gasteiger partial charge is 0.422 e. The Hall–Kier alpha value is -1.37. The van der Waals surface area contributed by atoms with Crippen LogP contribution in [0.15, 0.2) is 30.3 Å². The molecule has 0 fully saturated rings. The van der Waals surface area contributed by atoms with Gasteiger partial charge in [0.25, 0.3) is 0 Å². The van der Waals surface area contributed by atoms with Gasteiger partial charge in [0.05, 0.1) is 6.10 Å². The van der Waals surface area contributed by atoms with E-state index in [1.165, 1.54) is 5.56 Å². The summed E-state index contributed by atoms with van der Waals surface area (Å²) in [5.41, 5.74) is 6.38. The molecule has 0 aliphatic heterocycles. The Labute approximate surface area is 166 Å². The SMILES string of the molecule is CC(C)(C)OC(=O)NNC[C@@H](CCc1ccccc1)O[Si](C)(C)C(C)(C)C. The molecule has 154 valence electrons. The second-order valence-corrected chi connectivity index (χ2v) is 14.3. The van der Waals surface area contributed by atoms with Crippen molar-refractivity contribution in [3.63, 3.8) is 0 Å². The lowest BCUT2D eigenvalue weighted by Gasteiger charge is -2.39. The fourth-order valence-corrected chi connectivity index (χ4v) is 3.70. The van der Waals surface area contributed by atoms with E-state index in [9.17, 15) is 4.79 Å². The zero-order chi connectivity index (χ0) is 20.7. The Balaban J connectivity index is 2.65. The number of ether oxygens (including phenoxy) is 1. The molecule has 1 amide bonds. The molecule has 0 unspecified atom stereocenters. The first-order valence-corrected chi connectivity index (χ1v) is 12.6. The van der Waals surface area contributed by atoms with Gasteiger partial charge in [-0.15, -0.1) is 0 Å². The van der Waals surface area contributed by atoms with Crippen molar-refractivity contribution < 1.29 is 14.0 Å². The number of rotatable bonds is 8. The minimum atomic E-state index is -1.91. The molecular weight excluding hydrogens is 356 g/mol. The van der Waals surface area contributed by atoms with Crippen molar-refractivity contribution in [3.05, 3.63) is 35.9 Å². The Morgan fingerprint density at radius 3 is 2.19 bits per heavy atom. The maximum atomic E-state index is 11.8. The summed E-state index contributed by atoms with van der Waals surface area (Å²) in [6.07, 6.45) is 1.37. The third-order valence-electron chi connectivity index (χ3n) is 4.78. The fourth-order valence-electron chi connectivity index (χ4n) is 2.31. The molecule has 0 saturated heterocycles. The van der Waals surface area contributed by atoms with Crippen LogP contribution in [0.25, 0.3) is 0 Å². The minimum Gasteiger partial charge on any atom is -0.443 e. The molecule has 0 saturated carbocycles. The number of carbonyl (C=O) groups excluding carboxylic acids is 1. The van der Waals surface area contributed by atoms with Gasteiger partial charge in [-0.05, 0) is 57.3 Å². The van der Waals surface area contributed by atoms with Crippen molar-refractivity contribution in [1.82, 2.24) is 10.9 Å². The molecule has 1 rings (SSSR count). The third kappa shape index (κ3) is 9.40. The molecule has 0 aromatic heterocycles. The predicted molar refractivity (Wildman–Crippen MR) is 114 cm³/mol. The minimum absolute atomic E-state index is 0.0148. The summed E-state index contributed by atoms with van der Waals surface area (Å²) < 4.78 is 11.9. The van der Waals surface area contributed by atoms with Crippen LogP contribution >= 0.6 is 0 Å². The average Bonchev–Trinajstić information content (AvgIpc) is 2.50. The van der Waals surface area contributed by atoms with E-state index >= 15 is 0 Å². The first kappa shape index (κ1) is 23.7. The maximum Gasteiger partial charge on any atom is 0.422 e. The van der Waals surface area contributed by atoms with Gasteiger partial charge in [-0.3, -0.25) is 5.43 Å². The van der Waals surface area contributed by atoms with E-state index in [1.54, 1.807) is 0 Å². The van der Waals surface area contributed by atoms with Gasteiger partial charge in [-0.25, -0.2) is 10.2 Å². The number of amides is 1. The van der Waals surface area contributed by atoms with Gasteiger partial charge in [-0.1, -0.05) is 51.1 Å². The second-order valence-electron chi connectivity index (χ2n) is 9.53. The topological polar surface area (TPSA) is 59.6 Å². The molecule has 2 N–H and O–H groups in total. The number of hydrogen-bond acceptors (Lipinski definition) is 4. The molecule has 5 nitrogen and oxygen atoms in total. The van der Waals surface area contributed by atoms with E-state index in [4.69, 9.17) is 9.16 Å². The molecular formula is C21H38N2O3Si. The Bertz CT molecular complexity index is 577. The zero-order valence-electron chi connectivity index (χ0n) is 18.3. The van der Waals surface area contributed by atoms with Crippen LogP contribution in [0.4, 0.5) is 4.79 Å². The molecule has 1 aromatic carbocycles. The molecule has 0 bridgehead atoms. The Kier molecular flexibility index (Phi) is 8.51. The van der Waals surface area contributed by atoms with Gasteiger partial charge in [-0.2, -0.15) is 0 Å². The number of hydrogen-bond donors (Lipinski definition) is 2. The summed E-state index contributed by atoms with van der Waals surface area (Å²) in [6, 6.07) is 10.4. The van der Waals surface area contributed by atoms with E-state index in [1.807, 2.05) is 26.8 Å². The standard InChI is InChI=1S/C21H38N2O3Si/c1-20(2,3)25-19(24)23-22-16-18(26-27(7,8)21(4,5)6)15-14-17-12-10-9-11-13-17/h9-13,18,22H,14-16H2,1-8H3,(H,23,24)/t18-/m1/s1. The molecule has 0 heterocycles. The van der Waals surface area contributed by atoms with E-state index < -0.39 is 20.0 Å². The summed E-state index contributed by atoms with van der Waals surface area (Å²) in [6.45, 7) is 17.3. The summed E-state index contributed by atoms with van der Waals surface area (Å²) >= 11 is 0. The van der Waals surface area contributed by atoms with Crippen LogP contribution in [0, 0.1) is 0 Å². The van der Waals surface area contributed by atoms with Crippen LogP contribution in [-0.4, -0.2) is 32.7 Å². The lowest BCUT2D eigenvalue weighted by Crippen LogP contribution is -2.49. The number of benzene rings is 1. The van der Waals surface area contributed by atoms with Crippen LogP contribution in [-0.2, 0) is 15.6 Å². The van der Waals surface area contributed by atoms with Crippen molar-refractivity contribution in [1.29, 1.82) is 0 Å². The summed E-state index contributed by atoms with van der Waals surface area (Å²) in [5, 5.41) is 0.136. The van der Waals surface area contributed by atoms with Gasteiger partial charge in [0, 0.05) is 6.54 Å². The largest absolute Gasteiger partial charge is 0.443 e. The van der Waals surface area contributed by atoms with Crippen molar-refractivity contribution in [2.45, 2.75) is 84.2 Å². The first-order chi connectivity index (χ1) is 12.3. The highest BCUT2D eigenvalue weighted by atomic mass is 28.4. The normalized spacial score (nSPS) is 13.9. The lowest BCUT2D eigenvalue weighted by molar-refractivity contribution is 0.0485. The van der Waals surface area contributed by atoms with Gasteiger partial charge in [0.15, 0.2) is 8.32 Å². The second kappa shape index (κ2) is 9.71. The van der Waals surface area contributed by atoms with Crippen molar-refractivity contribution >= 4 is 14.4 Å². The molecule has 0 aliphatic carbocycles. The molecule has 1 aromatic rings. The summed E-state index contributed by atoms with van der Waals surface area (Å²) in [5.74, 6) is 0. The van der Waals surface area contributed by atoms with Gasteiger partial charge in [0.1, 0.15) is 5.60 Å². The average molecular weight is 395 g/mol. The Morgan fingerprint density at radius 2 is 1.67 bits per heavy atom. The van der Waals surface area contributed by atoms with Gasteiger partial charge >= 0.3 is 6.09 Å². The Morgan fingerprint density at radius 1 is 1.07 bits per heavy atom. The van der Waals surface area contributed by atoms with Gasteiger partial charge < -0.3 is 9.16 Å². The summed E-state index contributed by atoms with van der Waals surface area (Å²) in [7, 11) is -1.91. The molecule has 0 radical (unpaired) electrons. The van der Waals surface area contributed by atoms with Crippen LogP contribution in [0.3, 0.4) is 0 Å². The summed E-state index contributed by atoms with van der Waals surface area (Å²) in [4.78, 5) is 11.8. The monoisotopic (exact) mass is 394 g/mol. The number of aryl methyl sites for hydroxylation is 1. The lowest BCUT2D eigenvalue weighted by atomic mass is 10.1. The van der Waals surface area contributed by atoms with Crippen LogP contribution in [0.5, 0.6) is 0 Å². The van der Waals surface area contributed by atoms with Crippen LogP contribution < -0.4 is 10.9 Å². The molecule has 6 heteroatoms. The van der Waals surface area contributed by atoms with Crippen molar-refractivity contribution in [2.24, 2.45) is 0 Å². The van der Waals surface area contributed by atoms with E-state index in [0.717, 1.165) is 12.8 Å². The van der Waals surface area contributed by atoms with Gasteiger partial charge in [0.2, 0.25) is 0 Å². The van der Waals surface area contributed by atoms with Crippen molar-refractivity contribution in [3.8, 4) is 0 Å². The highest BCUT2D eigenvalue weighted by Crippen LogP contribution is 2.37. The predicted octanol–water partition coefficient (Wildman–Crippen LogP) is 5.04. The van der Waals surface area contributed by atoms with Crippen molar-refractivity contribution in [2.75, 3.05) is 6.54 Å². The van der Waals surface area contributed by atoms with Crippen LogP contribution in [0.1, 0.15) is 53.5 Å². The molecule has 1 atom stereocenters. The molecule has 27 heavy (non-hydrogen) atoms. The maximum absolute atomic E-state index is 11.8. The van der Waals surface area contributed by atoms with Crippen LogP contribution in [0.2, 0.25) is 18.1 Å². The van der Waals surface area contributed by atoms with E-state index in [0.29, 0.717) is 6.54 Å². The molecule has 0 aliphatic rings. The van der Waals surface area contributed by atoms with E-state index in [-0.39, 0.29) is 11.1 Å². The zero-order valence-corrected chi connectivity index (χ0v) is 19.3. The first-order valence-electron chi connectivity index (χ1n) is 9.74.